The highest BCUT2D eigenvalue weighted by Crippen LogP contribution is 2.29. The van der Waals surface area contributed by atoms with Crippen LogP contribution < -0.4 is 0 Å². The molecule has 2 atom stereocenters. The normalized spacial score (nSPS) is 19.7. The maximum atomic E-state index is 12.9. The summed E-state index contributed by atoms with van der Waals surface area (Å²) in [4.78, 5) is 2.44. The van der Waals surface area contributed by atoms with Gasteiger partial charge in [-0.1, -0.05) is 24.3 Å². The number of aromatic hydroxyl groups is 1. The zero-order chi connectivity index (χ0) is 17.6. The summed E-state index contributed by atoms with van der Waals surface area (Å²) in [5, 5.41) is 19.9. The predicted molar refractivity (Wildman–Crippen MR) is 97.1 cm³/mol. The molecule has 0 aliphatic carbocycles. The fourth-order valence-electron chi connectivity index (χ4n) is 3.67. The van der Waals surface area contributed by atoms with Crippen molar-refractivity contribution in [3.05, 3.63) is 65.5 Å². The lowest BCUT2D eigenvalue weighted by atomic mass is 9.90. The standard InChI is InChI=1S/C21H26FNO2/c22-19-10-8-16(9-11-19)21(25)7-3-13-23-12-2-5-18(15-23)17-4-1-6-20(24)14-17/h1,4,6,8-11,14,18,21,24-25H,2-3,5,7,12-13,15H2. The molecular weight excluding hydrogens is 317 g/mol. The lowest BCUT2D eigenvalue weighted by Gasteiger charge is -2.33. The number of halogens is 1. The van der Waals surface area contributed by atoms with Gasteiger partial charge in [-0.05, 0) is 80.1 Å². The van der Waals surface area contributed by atoms with Gasteiger partial charge in [-0.25, -0.2) is 4.39 Å². The van der Waals surface area contributed by atoms with Gasteiger partial charge in [0.25, 0.3) is 0 Å². The van der Waals surface area contributed by atoms with E-state index in [0.29, 0.717) is 18.1 Å². The Bertz CT molecular complexity index is 674. The fraction of sp³-hybridized carbons (Fsp3) is 0.429. The number of rotatable bonds is 6. The molecule has 0 saturated carbocycles. The number of hydrogen-bond acceptors (Lipinski definition) is 3. The number of nitrogens with zero attached hydrogens (tertiary/aromatic N) is 1. The second-order valence-corrected chi connectivity index (χ2v) is 6.94. The van der Waals surface area contributed by atoms with Crippen molar-refractivity contribution in [1.29, 1.82) is 0 Å². The summed E-state index contributed by atoms with van der Waals surface area (Å²) in [5.74, 6) is 0.516. The van der Waals surface area contributed by atoms with Crippen molar-refractivity contribution in [2.45, 2.75) is 37.7 Å². The smallest absolute Gasteiger partial charge is 0.123 e. The topological polar surface area (TPSA) is 43.7 Å². The number of phenols is 1. The van der Waals surface area contributed by atoms with Crippen molar-refractivity contribution in [3.8, 4) is 5.75 Å². The number of piperidine rings is 1. The van der Waals surface area contributed by atoms with Crippen LogP contribution in [0, 0.1) is 5.82 Å². The van der Waals surface area contributed by atoms with Crippen LogP contribution in [0.15, 0.2) is 48.5 Å². The molecule has 0 radical (unpaired) electrons. The monoisotopic (exact) mass is 343 g/mol. The third-order valence-corrected chi connectivity index (χ3v) is 5.05. The van der Waals surface area contributed by atoms with Gasteiger partial charge in [-0.3, -0.25) is 0 Å². The minimum Gasteiger partial charge on any atom is -0.508 e. The molecule has 0 amide bonds. The first-order chi connectivity index (χ1) is 12.1. The molecule has 4 heteroatoms. The van der Waals surface area contributed by atoms with E-state index in [2.05, 4.69) is 11.0 Å². The van der Waals surface area contributed by atoms with Gasteiger partial charge < -0.3 is 15.1 Å². The Morgan fingerprint density at radius 3 is 2.72 bits per heavy atom. The lowest BCUT2D eigenvalue weighted by Crippen LogP contribution is -2.35. The van der Waals surface area contributed by atoms with Crippen LogP contribution >= 0.6 is 0 Å². The molecular formula is C21H26FNO2. The van der Waals surface area contributed by atoms with Crippen LogP contribution in [-0.4, -0.2) is 34.7 Å². The Morgan fingerprint density at radius 2 is 1.96 bits per heavy atom. The Hall–Kier alpha value is -1.91. The Kier molecular flexibility index (Phi) is 6.05. The number of aliphatic hydroxyl groups is 1. The van der Waals surface area contributed by atoms with Crippen LogP contribution in [-0.2, 0) is 0 Å². The molecule has 3 nitrogen and oxygen atoms in total. The highest BCUT2D eigenvalue weighted by Gasteiger charge is 2.21. The summed E-state index contributed by atoms with van der Waals surface area (Å²) in [6, 6.07) is 13.7. The predicted octanol–water partition coefficient (Wildman–Crippen LogP) is 4.22. The Balaban J connectivity index is 1.47. The highest BCUT2D eigenvalue weighted by molar-refractivity contribution is 5.30. The van der Waals surface area contributed by atoms with Crippen molar-refractivity contribution in [3.63, 3.8) is 0 Å². The van der Waals surface area contributed by atoms with Gasteiger partial charge in [0.15, 0.2) is 0 Å². The Labute approximate surface area is 148 Å². The summed E-state index contributed by atoms with van der Waals surface area (Å²) in [5.41, 5.74) is 1.98. The fourth-order valence-corrected chi connectivity index (χ4v) is 3.67. The number of hydrogen-bond donors (Lipinski definition) is 2. The molecule has 2 unspecified atom stereocenters. The molecule has 0 bridgehead atoms. The zero-order valence-electron chi connectivity index (χ0n) is 14.4. The number of aliphatic hydroxyl groups excluding tert-OH is 1. The van der Waals surface area contributed by atoms with E-state index in [1.165, 1.54) is 17.7 Å². The average molecular weight is 343 g/mol. The molecule has 1 fully saturated rings. The molecule has 1 aliphatic heterocycles. The van der Waals surface area contributed by atoms with Gasteiger partial charge in [0.05, 0.1) is 6.10 Å². The number of likely N-dealkylation sites (tertiary alicyclic amines) is 1. The maximum Gasteiger partial charge on any atom is 0.123 e. The van der Waals surface area contributed by atoms with Gasteiger partial charge in [0.1, 0.15) is 11.6 Å². The van der Waals surface area contributed by atoms with E-state index in [9.17, 15) is 14.6 Å². The second-order valence-electron chi connectivity index (χ2n) is 6.94. The van der Waals surface area contributed by atoms with Crippen molar-refractivity contribution in [2.24, 2.45) is 0 Å². The molecule has 2 aromatic rings. The summed E-state index contributed by atoms with van der Waals surface area (Å²) in [6.07, 6.45) is 3.36. The highest BCUT2D eigenvalue weighted by atomic mass is 19.1. The number of benzene rings is 2. The molecule has 0 aromatic heterocycles. The molecule has 2 N–H and O–H groups in total. The van der Waals surface area contributed by atoms with Crippen LogP contribution in [0.25, 0.3) is 0 Å². The largest absolute Gasteiger partial charge is 0.508 e. The number of phenolic OH excluding ortho intramolecular Hbond substituents is 1. The van der Waals surface area contributed by atoms with Gasteiger partial charge in [0.2, 0.25) is 0 Å². The van der Waals surface area contributed by atoms with Crippen LogP contribution in [0.1, 0.15) is 48.8 Å². The van der Waals surface area contributed by atoms with Crippen molar-refractivity contribution < 1.29 is 14.6 Å². The van der Waals surface area contributed by atoms with E-state index in [0.717, 1.165) is 44.5 Å². The van der Waals surface area contributed by atoms with Crippen molar-refractivity contribution in [1.82, 2.24) is 4.90 Å². The molecule has 134 valence electrons. The third kappa shape index (κ3) is 5.03. The van der Waals surface area contributed by atoms with E-state index < -0.39 is 6.10 Å². The summed E-state index contributed by atoms with van der Waals surface area (Å²) in [7, 11) is 0. The van der Waals surface area contributed by atoms with Gasteiger partial charge in [-0.2, -0.15) is 0 Å². The van der Waals surface area contributed by atoms with E-state index in [1.54, 1.807) is 18.2 Å². The van der Waals surface area contributed by atoms with Crippen LogP contribution in [0.5, 0.6) is 5.75 Å². The van der Waals surface area contributed by atoms with Crippen LogP contribution in [0.3, 0.4) is 0 Å². The molecule has 1 saturated heterocycles. The summed E-state index contributed by atoms with van der Waals surface area (Å²) in [6.45, 7) is 3.03. The van der Waals surface area contributed by atoms with E-state index in [-0.39, 0.29) is 5.82 Å². The average Bonchev–Trinajstić information content (AvgIpc) is 2.62. The molecule has 1 heterocycles. The lowest BCUT2D eigenvalue weighted by molar-refractivity contribution is 0.147. The van der Waals surface area contributed by atoms with Crippen LogP contribution in [0.2, 0.25) is 0 Å². The minimum atomic E-state index is -0.535. The first kappa shape index (κ1) is 17.9. The molecule has 0 spiro atoms. The molecule has 2 aromatic carbocycles. The summed E-state index contributed by atoms with van der Waals surface area (Å²) >= 11 is 0. The van der Waals surface area contributed by atoms with Gasteiger partial charge in [-0.15, -0.1) is 0 Å². The van der Waals surface area contributed by atoms with E-state index in [4.69, 9.17) is 0 Å². The van der Waals surface area contributed by atoms with Crippen molar-refractivity contribution >= 4 is 0 Å². The maximum absolute atomic E-state index is 12.9. The quantitative estimate of drug-likeness (QED) is 0.825. The first-order valence-electron chi connectivity index (χ1n) is 9.06. The second kappa shape index (κ2) is 8.45. The zero-order valence-corrected chi connectivity index (χ0v) is 14.4. The molecule has 3 rings (SSSR count). The van der Waals surface area contributed by atoms with E-state index in [1.807, 2.05) is 12.1 Å². The first-order valence-corrected chi connectivity index (χ1v) is 9.06. The van der Waals surface area contributed by atoms with Gasteiger partial charge >= 0.3 is 0 Å². The van der Waals surface area contributed by atoms with Crippen LogP contribution in [0.4, 0.5) is 4.39 Å². The van der Waals surface area contributed by atoms with Crippen molar-refractivity contribution in [2.75, 3.05) is 19.6 Å². The van der Waals surface area contributed by atoms with E-state index >= 15 is 0 Å². The summed E-state index contributed by atoms with van der Waals surface area (Å²) < 4.78 is 12.9. The molecule has 1 aliphatic rings. The Morgan fingerprint density at radius 1 is 1.16 bits per heavy atom. The SMILES string of the molecule is Oc1cccc(C2CCCN(CCCC(O)c3ccc(F)cc3)C2)c1. The molecule has 25 heavy (non-hydrogen) atoms. The van der Waals surface area contributed by atoms with Gasteiger partial charge in [0, 0.05) is 6.54 Å². The minimum absolute atomic E-state index is 0.276. The third-order valence-electron chi connectivity index (χ3n) is 5.05.